The number of likely N-dealkylation sites (tertiary alicyclic amines) is 1. The lowest BCUT2D eigenvalue weighted by molar-refractivity contribution is 0.179. The van der Waals surface area contributed by atoms with Crippen molar-refractivity contribution in [1.82, 2.24) is 15.5 Å². The average Bonchev–Trinajstić information content (AvgIpc) is 2.18. The van der Waals surface area contributed by atoms with Gasteiger partial charge in [-0.05, 0) is 19.4 Å². The van der Waals surface area contributed by atoms with Crippen molar-refractivity contribution < 1.29 is 4.79 Å². The van der Waals surface area contributed by atoms with E-state index in [2.05, 4.69) is 17.6 Å². The van der Waals surface area contributed by atoms with Crippen LogP contribution in [-0.2, 0) is 0 Å². The lowest BCUT2D eigenvalue weighted by Crippen LogP contribution is -2.47. The van der Waals surface area contributed by atoms with Crippen LogP contribution in [0.1, 0.15) is 19.8 Å². The smallest absolute Gasteiger partial charge is 0.317 e. The summed E-state index contributed by atoms with van der Waals surface area (Å²) in [4.78, 5) is 13.1. The summed E-state index contributed by atoms with van der Waals surface area (Å²) in [6.07, 6.45) is 2.14. The van der Waals surface area contributed by atoms with E-state index >= 15 is 0 Å². The first-order valence-corrected chi connectivity index (χ1v) is 4.98. The zero-order valence-corrected chi connectivity index (χ0v) is 8.47. The van der Waals surface area contributed by atoms with Gasteiger partial charge in [-0.25, -0.2) is 4.79 Å². The van der Waals surface area contributed by atoms with Crippen LogP contribution in [0.15, 0.2) is 0 Å². The predicted octanol–water partition coefficient (Wildman–Crippen LogP) is 0.400. The van der Waals surface area contributed by atoms with Crippen LogP contribution in [0.2, 0.25) is 0 Å². The zero-order valence-electron chi connectivity index (χ0n) is 8.47. The first-order valence-electron chi connectivity index (χ1n) is 4.98. The van der Waals surface area contributed by atoms with Crippen molar-refractivity contribution in [3.63, 3.8) is 0 Å². The molecule has 0 aromatic carbocycles. The molecule has 1 saturated heterocycles. The first kappa shape index (κ1) is 10.3. The number of nitrogens with zero attached hydrogens (tertiary/aromatic N) is 1. The quantitative estimate of drug-likeness (QED) is 0.654. The van der Waals surface area contributed by atoms with Gasteiger partial charge in [0, 0.05) is 26.2 Å². The number of hydrogen-bond acceptors (Lipinski definition) is 2. The molecule has 0 radical (unpaired) electrons. The molecule has 0 spiro atoms. The molecule has 0 aromatic rings. The Hall–Kier alpha value is -0.770. The minimum absolute atomic E-state index is 0.0509. The zero-order chi connectivity index (χ0) is 9.68. The molecule has 1 heterocycles. The van der Waals surface area contributed by atoms with Crippen LogP contribution in [0.3, 0.4) is 0 Å². The van der Waals surface area contributed by atoms with Crippen molar-refractivity contribution in [2.24, 2.45) is 0 Å². The van der Waals surface area contributed by atoms with Crippen molar-refractivity contribution in [2.75, 3.05) is 26.7 Å². The minimum Gasteiger partial charge on any atom is -0.341 e. The Balaban J connectivity index is 2.26. The van der Waals surface area contributed by atoms with E-state index in [1.165, 1.54) is 0 Å². The van der Waals surface area contributed by atoms with Crippen LogP contribution in [0, 0.1) is 0 Å². The molecule has 1 aliphatic heterocycles. The molecule has 76 valence electrons. The van der Waals surface area contributed by atoms with Gasteiger partial charge in [0.1, 0.15) is 0 Å². The highest BCUT2D eigenvalue weighted by Gasteiger charge is 2.20. The number of amides is 2. The third kappa shape index (κ3) is 2.88. The molecule has 2 amide bonds. The molecule has 4 nitrogen and oxygen atoms in total. The molecule has 2 N–H and O–H groups in total. The molecule has 1 fully saturated rings. The van der Waals surface area contributed by atoms with E-state index < -0.39 is 0 Å². The highest BCUT2D eigenvalue weighted by molar-refractivity contribution is 5.73. The van der Waals surface area contributed by atoms with Crippen LogP contribution >= 0.6 is 0 Å². The molecule has 0 aliphatic carbocycles. The van der Waals surface area contributed by atoms with Gasteiger partial charge < -0.3 is 15.5 Å². The lowest BCUT2D eigenvalue weighted by atomic mass is 10.1. The summed E-state index contributed by atoms with van der Waals surface area (Å²) >= 11 is 0. The van der Waals surface area contributed by atoms with E-state index in [0.717, 1.165) is 32.5 Å². The summed E-state index contributed by atoms with van der Waals surface area (Å²) in [5.74, 6) is 0. The molecule has 13 heavy (non-hydrogen) atoms. The maximum Gasteiger partial charge on any atom is 0.317 e. The van der Waals surface area contributed by atoms with E-state index in [4.69, 9.17) is 0 Å². The van der Waals surface area contributed by atoms with E-state index in [9.17, 15) is 4.79 Å². The van der Waals surface area contributed by atoms with Gasteiger partial charge in [-0.2, -0.15) is 0 Å². The van der Waals surface area contributed by atoms with E-state index in [-0.39, 0.29) is 6.03 Å². The number of carbonyl (C=O) groups is 1. The van der Waals surface area contributed by atoms with Crippen molar-refractivity contribution in [2.45, 2.75) is 25.8 Å². The van der Waals surface area contributed by atoms with Gasteiger partial charge in [-0.1, -0.05) is 6.92 Å². The van der Waals surface area contributed by atoms with Crippen LogP contribution in [0.4, 0.5) is 4.79 Å². The fraction of sp³-hybridized carbons (Fsp3) is 0.889. The fourth-order valence-corrected chi connectivity index (χ4v) is 1.73. The van der Waals surface area contributed by atoms with E-state index in [1.807, 2.05) is 4.90 Å². The molecule has 0 atom stereocenters. The summed E-state index contributed by atoms with van der Waals surface area (Å²) in [7, 11) is 1.68. The predicted molar refractivity (Wildman–Crippen MR) is 52.7 cm³/mol. The minimum atomic E-state index is 0.0509. The van der Waals surface area contributed by atoms with Gasteiger partial charge in [0.15, 0.2) is 0 Å². The summed E-state index contributed by atoms with van der Waals surface area (Å²) in [5, 5.41) is 6.05. The second-order valence-corrected chi connectivity index (χ2v) is 3.37. The molecule has 0 aromatic heterocycles. The van der Waals surface area contributed by atoms with Gasteiger partial charge >= 0.3 is 6.03 Å². The van der Waals surface area contributed by atoms with Crippen molar-refractivity contribution in [1.29, 1.82) is 0 Å². The molecular weight excluding hydrogens is 166 g/mol. The molecule has 0 saturated carbocycles. The maximum absolute atomic E-state index is 11.2. The van der Waals surface area contributed by atoms with Gasteiger partial charge in [-0.3, -0.25) is 0 Å². The Labute approximate surface area is 79.7 Å². The number of carbonyl (C=O) groups excluding carboxylic acids is 1. The van der Waals surface area contributed by atoms with Crippen molar-refractivity contribution in [3.05, 3.63) is 0 Å². The Kier molecular flexibility index (Phi) is 4.02. The van der Waals surface area contributed by atoms with Gasteiger partial charge in [-0.15, -0.1) is 0 Å². The Morgan fingerprint density at radius 3 is 2.54 bits per heavy atom. The number of urea groups is 1. The summed E-state index contributed by atoms with van der Waals surface area (Å²) in [6, 6.07) is 0.654. The molecule has 1 aliphatic rings. The monoisotopic (exact) mass is 185 g/mol. The summed E-state index contributed by atoms with van der Waals surface area (Å²) in [5.41, 5.74) is 0. The van der Waals surface area contributed by atoms with Crippen molar-refractivity contribution >= 4 is 6.03 Å². The standard InChI is InChI=1S/C9H19N3O/c1-3-11-8-4-6-12(7-5-8)9(13)10-2/h8,11H,3-7H2,1-2H3,(H,10,13). The third-order valence-corrected chi connectivity index (χ3v) is 2.49. The van der Waals surface area contributed by atoms with Gasteiger partial charge in [0.25, 0.3) is 0 Å². The highest BCUT2D eigenvalue weighted by Crippen LogP contribution is 2.09. The Morgan fingerprint density at radius 2 is 2.08 bits per heavy atom. The number of rotatable bonds is 2. The molecule has 4 heteroatoms. The summed E-state index contributed by atoms with van der Waals surface area (Å²) < 4.78 is 0. The molecule has 0 unspecified atom stereocenters. The highest BCUT2D eigenvalue weighted by atomic mass is 16.2. The Bertz CT molecular complexity index is 164. The first-order chi connectivity index (χ1) is 6.27. The molecular formula is C9H19N3O. The largest absolute Gasteiger partial charge is 0.341 e. The molecule has 1 rings (SSSR count). The lowest BCUT2D eigenvalue weighted by Gasteiger charge is -2.31. The average molecular weight is 185 g/mol. The van der Waals surface area contributed by atoms with Crippen LogP contribution in [-0.4, -0.2) is 43.7 Å². The van der Waals surface area contributed by atoms with Crippen molar-refractivity contribution in [3.8, 4) is 0 Å². The summed E-state index contributed by atoms with van der Waals surface area (Å²) in [6.45, 7) is 4.88. The normalized spacial score (nSPS) is 18.8. The second kappa shape index (κ2) is 5.07. The Morgan fingerprint density at radius 1 is 1.46 bits per heavy atom. The van der Waals surface area contributed by atoms with Crippen LogP contribution < -0.4 is 10.6 Å². The number of nitrogens with one attached hydrogen (secondary N) is 2. The topological polar surface area (TPSA) is 44.4 Å². The number of hydrogen-bond donors (Lipinski definition) is 2. The van der Waals surface area contributed by atoms with E-state index in [1.54, 1.807) is 7.05 Å². The third-order valence-electron chi connectivity index (χ3n) is 2.49. The van der Waals surface area contributed by atoms with E-state index in [0.29, 0.717) is 6.04 Å². The maximum atomic E-state index is 11.2. The van der Waals surface area contributed by atoms with Gasteiger partial charge in [0.2, 0.25) is 0 Å². The second-order valence-electron chi connectivity index (χ2n) is 3.37. The van der Waals surface area contributed by atoms with Gasteiger partial charge in [0.05, 0.1) is 0 Å². The number of piperidine rings is 1. The van der Waals surface area contributed by atoms with Crippen LogP contribution in [0.5, 0.6) is 0 Å². The molecule has 0 bridgehead atoms. The SMILES string of the molecule is CCNC1CCN(C(=O)NC)CC1. The van der Waals surface area contributed by atoms with Crippen LogP contribution in [0.25, 0.3) is 0 Å². The fourth-order valence-electron chi connectivity index (χ4n) is 1.73.